The lowest BCUT2D eigenvalue weighted by atomic mass is 10.1. The molecular formula is C20H28F2N6. The molecule has 2 N–H and O–H groups in total. The van der Waals surface area contributed by atoms with E-state index in [0.717, 1.165) is 17.7 Å². The van der Waals surface area contributed by atoms with Gasteiger partial charge in [-0.3, -0.25) is 9.47 Å². The zero-order chi connectivity index (χ0) is 19.8. The Hall–Kier alpha value is -2.48. The van der Waals surface area contributed by atoms with Gasteiger partial charge in [0, 0.05) is 25.5 Å². The Kier molecular flexibility index (Phi) is 7.36. The molecule has 152 valence electrons. The number of alkyl halides is 2. The Bertz CT molecular complexity index is 740. The van der Waals surface area contributed by atoms with Gasteiger partial charge in [-0.15, -0.1) is 0 Å². The molecule has 3 rings (SSSR count). The van der Waals surface area contributed by atoms with Crippen molar-refractivity contribution < 1.29 is 8.78 Å². The number of aromatic nitrogens is 2. The van der Waals surface area contributed by atoms with Gasteiger partial charge in [-0.05, 0) is 38.4 Å². The third kappa shape index (κ3) is 5.28. The third-order valence-electron chi connectivity index (χ3n) is 4.91. The second kappa shape index (κ2) is 10.2. The molecule has 2 aromatic rings. The summed E-state index contributed by atoms with van der Waals surface area (Å²) < 4.78 is 26.8. The maximum Gasteiger partial charge on any atom is 0.319 e. The molecule has 1 atom stereocenters. The van der Waals surface area contributed by atoms with E-state index in [0.29, 0.717) is 19.0 Å². The highest BCUT2D eigenvalue weighted by Gasteiger charge is 2.23. The Morgan fingerprint density at radius 2 is 1.93 bits per heavy atom. The smallest absolute Gasteiger partial charge is 0.319 e. The second-order valence-corrected chi connectivity index (χ2v) is 6.77. The van der Waals surface area contributed by atoms with Crippen LogP contribution in [0.1, 0.15) is 43.7 Å². The standard InChI is InChI=1S/C20H28F2N6/c1-2-23-20(26-15-18-24-10-13-28(18)19(21)22)25-14-17(27-11-6-7-12-27)16-8-4-3-5-9-16/h3-5,8-10,13,17,19H,2,6-7,11-12,14-15H2,1H3,(H2,23,25,26). The molecule has 1 aliphatic rings. The van der Waals surface area contributed by atoms with Crippen LogP contribution >= 0.6 is 0 Å². The van der Waals surface area contributed by atoms with Crippen molar-refractivity contribution in [2.24, 2.45) is 4.99 Å². The monoisotopic (exact) mass is 390 g/mol. The number of hydrogen-bond donors (Lipinski definition) is 2. The maximum atomic E-state index is 13.0. The van der Waals surface area contributed by atoms with Crippen molar-refractivity contribution in [3.63, 3.8) is 0 Å². The van der Waals surface area contributed by atoms with Gasteiger partial charge in [0.15, 0.2) is 5.96 Å². The van der Waals surface area contributed by atoms with Crippen molar-refractivity contribution in [1.82, 2.24) is 25.1 Å². The fraction of sp³-hybridized carbons (Fsp3) is 0.500. The van der Waals surface area contributed by atoms with Crippen LogP contribution in [-0.2, 0) is 6.54 Å². The average molecular weight is 390 g/mol. The van der Waals surface area contributed by atoms with Gasteiger partial charge in [-0.25, -0.2) is 9.98 Å². The van der Waals surface area contributed by atoms with E-state index in [1.54, 1.807) is 0 Å². The SMILES string of the molecule is CCNC(=NCc1nccn1C(F)F)NCC(c1ccccc1)N1CCCC1. The minimum atomic E-state index is -2.61. The summed E-state index contributed by atoms with van der Waals surface area (Å²) in [7, 11) is 0. The zero-order valence-electron chi connectivity index (χ0n) is 16.2. The summed E-state index contributed by atoms with van der Waals surface area (Å²) in [6, 6.07) is 10.7. The van der Waals surface area contributed by atoms with Gasteiger partial charge in [0.25, 0.3) is 0 Å². The normalized spacial score (nSPS) is 16.5. The van der Waals surface area contributed by atoms with Crippen LogP contribution in [0, 0.1) is 0 Å². The van der Waals surface area contributed by atoms with Crippen LogP contribution in [-0.4, -0.2) is 46.6 Å². The number of halogens is 2. The van der Waals surface area contributed by atoms with Crippen LogP contribution in [0.3, 0.4) is 0 Å². The number of nitrogens with zero attached hydrogens (tertiary/aromatic N) is 4. The molecule has 28 heavy (non-hydrogen) atoms. The molecule has 1 fully saturated rings. The van der Waals surface area contributed by atoms with Crippen molar-refractivity contribution in [2.75, 3.05) is 26.2 Å². The number of nitrogens with one attached hydrogen (secondary N) is 2. The van der Waals surface area contributed by atoms with Crippen LogP contribution in [0.2, 0.25) is 0 Å². The minimum absolute atomic E-state index is 0.0897. The Labute approximate surface area is 164 Å². The highest BCUT2D eigenvalue weighted by Crippen LogP contribution is 2.24. The quantitative estimate of drug-likeness (QED) is 0.537. The van der Waals surface area contributed by atoms with Crippen LogP contribution in [0.15, 0.2) is 47.7 Å². The summed E-state index contributed by atoms with van der Waals surface area (Å²) in [5.74, 6) is 0.845. The molecule has 8 heteroatoms. The average Bonchev–Trinajstić information content (AvgIpc) is 3.39. The van der Waals surface area contributed by atoms with E-state index in [-0.39, 0.29) is 18.4 Å². The molecule has 2 heterocycles. The van der Waals surface area contributed by atoms with Crippen LogP contribution < -0.4 is 10.6 Å². The molecule has 1 aliphatic heterocycles. The molecule has 0 aliphatic carbocycles. The molecule has 0 spiro atoms. The molecule has 0 saturated carbocycles. The lowest BCUT2D eigenvalue weighted by Crippen LogP contribution is -2.42. The molecule has 1 aromatic heterocycles. The summed E-state index contributed by atoms with van der Waals surface area (Å²) in [6.07, 6.45) is 5.08. The van der Waals surface area contributed by atoms with Gasteiger partial charge in [0.2, 0.25) is 0 Å². The van der Waals surface area contributed by atoms with E-state index >= 15 is 0 Å². The van der Waals surface area contributed by atoms with E-state index < -0.39 is 6.55 Å². The number of aliphatic imine (C=N–C) groups is 1. The van der Waals surface area contributed by atoms with Crippen LogP contribution in [0.5, 0.6) is 0 Å². The topological polar surface area (TPSA) is 57.5 Å². The Morgan fingerprint density at radius 3 is 2.61 bits per heavy atom. The van der Waals surface area contributed by atoms with Gasteiger partial charge in [-0.1, -0.05) is 30.3 Å². The molecule has 0 amide bonds. The number of likely N-dealkylation sites (tertiary alicyclic amines) is 1. The highest BCUT2D eigenvalue weighted by molar-refractivity contribution is 5.79. The van der Waals surface area contributed by atoms with Gasteiger partial charge in [0.1, 0.15) is 12.4 Å². The molecule has 1 saturated heterocycles. The number of benzene rings is 1. The summed E-state index contributed by atoms with van der Waals surface area (Å²) in [5.41, 5.74) is 1.26. The van der Waals surface area contributed by atoms with E-state index in [4.69, 9.17) is 0 Å². The fourth-order valence-corrected chi connectivity index (χ4v) is 3.52. The van der Waals surface area contributed by atoms with Gasteiger partial charge in [0.05, 0.1) is 6.04 Å². The number of guanidine groups is 1. The first kappa shape index (κ1) is 20.3. The molecule has 0 radical (unpaired) electrons. The highest BCUT2D eigenvalue weighted by atomic mass is 19.3. The van der Waals surface area contributed by atoms with Crippen molar-refractivity contribution in [3.05, 3.63) is 54.1 Å². The van der Waals surface area contributed by atoms with Crippen molar-refractivity contribution in [3.8, 4) is 0 Å². The van der Waals surface area contributed by atoms with Crippen molar-refractivity contribution >= 4 is 5.96 Å². The molecule has 1 unspecified atom stereocenters. The van der Waals surface area contributed by atoms with Crippen molar-refractivity contribution in [1.29, 1.82) is 0 Å². The summed E-state index contributed by atoms with van der Waals surface area (Å²) >= 11 is 0. The number of hydrogen-bond acceptors (Lipinski definition) is 3. The molecule has 1 aromatic carbocycles. The molecule has 6 nitrogen and oxygen atoms in total. The van der Waals surface area contributed by atoms with Gasteiger partial charge >= 0.3 is 6.55 Å². The lowest BCUT2D eigenvalue weighted by molar-refractivity contribution is 0.0671. The first-order valence-electron chi connectivity index (χ1n) is 9.80. The first-order valence-corrected chi connectivity index (χ1v) is 9.80. The summed E-state index contributed by atoms with van der Waals surface area (Å²) in [4.78, 5) is 10.9. The number of imidazole rings is 1. The second-order valence-electron chi connectivity index (χ2n) is 6.77. The first-order chi connectivity index (χ1) is 13.7. The van der Waals surface area contributed by atoms with Crippen molar-refractivity contribution in [2.45, 2.75) is 38.9 Å². The zero-order valence-corrected chi connectivity index (χ0v) is 16.2. The largest absolute Gasteiger partial charge is 0.357 e. The Morgan fingerprint density at radius 1 is 1.18 bits per heavy atom. The van der Waals surface area contributed by atoms with E-state index in [9.17, 15) is 8.78 Å². The predicted octanol–water partition coefficient (Wildman–Crippen LogP) is 3.17. The number of rotatable bonds is 8. The Balaban J connectivity index is 1.68. The maximum absolute atomic E-state index is 13.0. The summed E-state index contributed by atoms with van der Waals surface area (Å²) in [5, 5.41) is 6.57. The van der Waals surface area contributed by atoms with E-state index in [2.05, 4.69) is 49.8 Å². The van der Waals surface area contributed by atoms with E-state index in [1.165, 1.54) is 30.8 Å². The third-order valence-corrected chi connectivity index (χ3v) is 4.91. The lowest BCUT2D eigenvalue weighted by Gasteiger charge is -2.29. The molecular weight excluding hydrogens is 362 g/mol. The van der Waals surface area contributed by atoms with E-state index in [1.807, 2.05) is 13.0 Å². The molecule has 0 bridgehead atoms. The van der Waals surface area contributed by atoms with Crippen LogP contribution in [0.25, 0.3) is 0 Å². The minimum Gasteiger partial charge on any atom is -0.357 e. The van der Waals surface area contributed by atoms with Crippen LogP contribution in [0.4, 0.5) is 8.78 Å². The van der Waals surface area contributed by atoms with Gasteiger partial charge in [-0.2, -0.15) is 8.78 Å². The predicted molar refractivity (Wildman–Crippen MR) is 106 cm³/mol. The van der Waals surface area contributed by atoms with Gasteiger partial charge < -0.3 is 10.6 Å². The summed E-state index contributed by atoms with van der Waals surface area (Å²) in [6.45, 7) is 3.01. The fourth-order valence-electron chi connectivity index (χ4n) is 3.52.